The summed E-state index contributed by atoms with van der Waals surface area (Å²) in [6, 6.07) is 14.6. The maximum Gasteiger partial charge on any atom is 0.305 e. The standard InChI is InChI=1S/C26H35NO6S/c1-6-7-17-26(2,18-16-25(28)33-5)34(29,30)27(19-21-8-12-23(31-3)13-9-21)20-22-10-14-24(32-4)15-11-22/h6,8-15H,1,7,16-20H2,2-5H3/t26-/m0/s1. The average molecular weight is 490 g/mol. The molecule has 34 heavy (non-hydrogen) atoms. The van der Waals surface area contributed by atoms with Crippen molar-refractivity contribution < 1.29 is 27.4 Å². The molecule has 0 spiro atoms. The fourth-order valence-electron chi connectivity index (χ4n) is 3.67. The van der Waals surface area contributed by atoms with Gasteiger partial charge in [0.05, 0.1) is 26.1 Å². The second kappa shape index (κ2) is 12.6. The third kappa shape index (κ3) is 7.08. The van der Waals surface area contributed by atoms with Crippen molar-refractivity contribution >= 4 is 16.0 Å². The van der Waals surface area contributed by atoms with E-state index in [-0.39, 0.29) is 25.9 Å². The molecule has 0 N–H and O–H groups in total. The fraction of sp³-hybridized carbons (Fsp3) is 0.423. The summed E-state index contributed by atoms with van der Waals surface area (Å²) in [5.41, 5.74) is 1.66. The van der Waals surface area contributed by atoms with Crippen LogP contribution in [0, 0.1) is 0 Å². The number of hydrogen-bond donors (Lipinski definition) is 0. The number of hydrogen-bond acceptors (Lipinski definition) is 6. The minimum atomic E-state index is -3.85. The summed E-state index contributed by atoms with van der Waals surface area (Å²) < 4.78 is 43.7. The first-order valence-corrected chi connectivity index (χ1v) is 12.6. The Labute approximate surface area is 203 Å². The van der Waals surface area contributed by atoms with Crippen molar-refractivity contribution in [3.8, 4) is 11.5 Å². The first-order chi connectivity index (χ1) is 16.2. The molecule has 1 atom stereocenters. The number of ether oxygens (including phenoxy) is 3. The summed E-state index contributed by atoms with van der Waals surface area (Å²) in [5, 5.41) is 0. The number of esters is 1. The Morgan fingerprint density at radius 1 is 0.912 bits per heavy atom. The van der Waals surface area contributed by atoms with Gasteiger partial charge in [0.15, 0.2) is 0 Å². The lowest BCUT2D eigenvalue weighted by Crippen LogP contribution is -2.46. The van der Waals surface area contributed by atoms with Crippen LogP contribution >= 0.6 is 0 Å². The molecule has 2 aromatic rings. The number of sulfonamides is 1. The molecule has 0 aromatic heterocycles. The second-order valence-corrected chi connectivity index (χ2v) is 10.8. The van der Waals surface area contributed by atoms with Gasteiger partial charge in [-0.1, -0.05) is 30.3 Å². The van der Waals surface area contributed by atoms with Gasteiger partial charge >= 0.3 is 5.97 Å². The lowest BCUT2D eigenvalue weighted by Gasteiger charge is -2.35. The molecule has 2 rings (SSSR count). The number of carbonyl (C=O) groups is 1. The molecule has 8 heteroatoms. The van der Waals surface area contributed by atoms with Crippen molar-refractivity contribution in [3.05, 3.63) is 72.3 Å². The largest absolute Gasteiger partial charge is 0.497 e. The van der Waals surface area contributed by atoms with Crippen molar-refractivity contribution in [1.82, 2.24) is 4.31 Å². The molecule has 0 amide bonds. The van der Waals surface area contributed by atoms with Crippen LogP contribution in [0.3, 0.4) is 0 Å². The smallest absolute Gasteiger partial charge is 0.305 e. The van der Waals surface area contributed by atoms with Crippen LogP contribution in [0.1, 0.15) is 43.7 Å². The summed E-state index contributed by atoms with van der Waals surface area (Å²) in [4.78, 5) is 11.9. The van der Waals surface area contributed by atoms with Crippen molar-refractivity contribution in [2.45, 2.75) is 50.4 Å². The summed E-state index contributed by atoms with van der Waals surface area (Å²) in [5.74, 6) is 0.960. The lowest BCUT2D eigenvalue weighted by atomic mass is 9.98. The summed E-state index contributed by atoms with van der Waals surface area (Å²) in [6.45, 7) is 5.81. The Bertz CT molecular complexity index is 984. The topological polar surface area (TPSA) is 82.1 Å². The second-order valence-electron chi connectivity index (χ2n) is 8.32. The lowest BCUT2D eigenvalue weighted by molar-refractivity contribution is -0.140. The number of carbonyl (C=O) groups excluding carboxylic acids is 1. The van der Waals surface area contributed by atoms with Crippen LogP contribution in [-0.4, -0.2) is 44.8 Å². The van der Waals surface area contributed by atoms with Gasteiger partial charge in [-0.15, -0.1) is 6.58 Å². The Balaban J connectivity index is 2.45. The van der Waals surface area contributed by atoms with Gasteiger partial charge in [-0.2, -0.15) is 4.31 Å². The van der Waals surface area contributed by atoms with Gasteiger partial charge in [0.1, 0.15) is 11.5 Å². The van der Waals surface area contributed by atoms with Gasteiger partial charge in [0, 0.05) is 19.5 Å². The molecule has 0 fully saturated rings. The van der Waals surface area contributed by atoms with Crippen LogP contribution in [-0.2, 0) is 32.6 Å². The molecule has 0 aliphatic heterocycles. The predicted molar refractivity (Wildman–Crippen MR) is 133 cm³/mol. The maximum atomic E-state index is 14.1. The monoisotopic (exact) mass is 489 g/mol. The minimum Gasteiger partial charge on any atom is -0.497 e. The molecule has 186 valence electrons. The van der Waals surface area contributed by atoms with E-state index >= 15 is 0 Å². The molecule has 0 heterocycles. The molecule has 7 nitrogen and oxygen atoms in total. The van der Waals surface area contributed by atoms with E-state index < -0.39 is 20.7 Å². The van der Waals surface area contributed by atoms with E-state index in [1.54, 1.807) is 27.2 Å². The van der Waals surface area contributed by atoms with E-state index in [4.69, 9.17) is 14.2 Å². The molecule has 0 radical (unpaired) electrons. The minimum absolute atomic E-state index is 0.0162. The molecule has 2 aromatic carbocycles. The molecule has 0 aliphatic rings. The number of benzene rings is 2. The number of methoxy groups -OCH3 is 3. The zero-order chi connectivity index (χ0) is 25.2. The zero-order valence-electron chi connectivity index (χ0n) is 20.5. The Kier molecular flexibility index (Phi) is 10.1. The van der Waals surface area contributed by atoms with Crippen LogP contribution in [0.15, 0.2) is 61.2 Å². The highest BCUT2D eigenvalue weighted by Gasteiger charge is 2.43. The van der Waals surface area contributed by atoms with Crippen LogP contribution in [0.5, 0.6) is 11.5 Å². The molecule has 0 unspecified atom stereocenters. The number of nitrogens with zero attached hydrogens (tertiary/aromatic N) is 1. The van der Waals surface area contributed by atoms with E-state index in [1.807, 2.05) is 48.5 Å². The molecular formula is C26H35NO6S. The van der Waals surface area contributed by atoms with Gasteiger partial charge in [-0.05, 0) is 61.6 Å². The summed E-state index contributed by atoms with van der Waals surface area (Å²) in [7, 11) is 0.622. The van der Waals surface area contributed by atoms with Crippen molar-refractivity contribution in [1.29, 1.82) is 0 Å². The van der Waals surface area contributed by atoms with E-state index in [0.29, 0.717) is 24.3 Å². The Morgan fingerprint density at radius 3 is 1.76 bits per heavy atom. The van der Waals surface area contributed by atoms with Gasteiger partial charge in [-0.25, -0.2) is 8.42 Å². The molecule has 0 saturated heterocycles. The van der Waals surface area contributed by atoms with Crippen LogP contribution in [0.4, 0.5) is 0 Å². The quantitative estimate of drug-likeness (QED) is 0.282. The Morgan fingerprint density at radius 2 is 1.38 bits per heavy atom. The van der Waals surface area contributed by atoms with Crippen LogP contribution in [0.25, 0.3) is 0 Å². The van der Waals surface area contributed by atoms with Crippen LogP contribution in [0.2, 0.25) is 0 Å². The fourth-order valence-corrected chi connectivity index (χ4v) is 5.66. The first-order valence-electron chi connectivity index (χ1n) is 11.1. The van der Waals surface area contributed by atoms with Gasteiger partial charge in [0.25, 0.3) is 0 Å². The van der Waals surface area contributed by atoms with Crippen LogP contribution < -0.4 is 9.47 Å². The average Bonchev–Trinajstić information content (AvgIpc) is 2.86. The number of rotatable bonds is 14. The SMILES string of the molecule is C=CCC[C@@](C)(CCC(=O)OC)S(=O)(=O)N(Cc1ccc(OC)cc1)Cc1ccc(OC)cc1. The molecule has 0 bridgehead atoms. The molecule has 0 saturated carbocycles. The maximum absolute atomic E-state index is 14.1. The Hall–Kier alpha value is -2.84. The highest BCUT2D eigenvalue weighted by atomic mass is 32.2. The zero-order valence-corrected chi connectivity index (χ0v) is 21.3. The van der Waals surface area contributed by atoms with Gasteiger partial charge < -0.3 is 14.2 Å². The highest BCUT2D eigenvalue weighted by molar-refractivity contribution is 7.90. The van der Waals surface area contributed by atoms with Crippen molar-refractivity contribution in [2.75, 3.05) is 21.3 Å². The molecular weight excluding hydrogens is 454 g/mol. The molecule has 0 aliphatic carbocycles. The summed E-state index contributed by atoms with van der Waals surface area (Å²) >= 11 is 0. The van der Waals surface area contributed by atoms with Gasteiger partial charge in [-0.3, -0.25) is 4.79 Å². The third-order valence-electron chi connectivity index (χ3n) is 5.96. The van der Waals surface area contributed by atoms with Gasteiger partial charge in [0.2, 0.25) is 10.0 Å². The highest BCUT2D eigenvalue weighted by Crippen LogP contribution is 2.34. The van der Waals surface area contributed by atoms with E-state index in [2.05, 4.69) is 6.58 Å². The van der Waals surface area contributed by atoms with Crippen molar-refractivity contribution in [2.24, 2.45) is 0 Å². The van der Waals surface area contributed by atoms with E-state index in [1.165, 1.54) is 11.4 Å². The van der Waals surface area contributed by atoms with E-state index in [9.17, 15) is 13.2 Å². The predicted octanol–water partition coefficient (Wildman–Crippen LogP) is 4.71. The third-order valence-corrected chi connectivity index (χ3v) is 8.55. The number of allylic oxidation sites excluding steroid dienone is 1. The summed E-state index contributed by atoms with van der Waals surface area (Å²) in [6.07, 6.45) is 2.72. The van der Waals surface area contributed by atoms with Crippen molar-refractivity contribution in [3.63, 3.8) is 0 Å². The normalized spacial score (nSPS) is 13.2. The first kappa shape index (κ1) is 27.4. The van der Waals surface area contributed by atoms with E-state index in [0.717, 1.165) is 11.1 Å².